The molecule has 0 atom stereocenters. The van der Waals surface area contributed by atoms with Crippen molar-refractivity contribution in [3.05, 3.63) is 51.7 Å². The monoisotopic (exact) mass is 378 g/mol. The Hall–Kier alpha value is -1.31. The van der Waals surface area contributed by atoms with Crippen molar-refractivity contribution < 1.29 is 12.8 Å². The predicted octanol–water partition coefficient (Wildman–Crippen LogP) is 3.62. The maximum Gasteiger partial charge on any atom is 0.263 e. The molecule has 0 bridgehead atoms. The van der Waals surface area contributed by atoms with E-state index in [9.17, 15) is 12.8 Å². The lowest BCUT2D eigenvalue weighted by Crippen LogP contribution is -2.14. The van der Waals surface area contributed by atoms with Crippen molar-refractivity contribution in [3.8, 4) is 0 Å². The molecule has 0 spiro atoms. The van der Waals surface area contributed by atoms with Gasteiger partial charge in [0.15, 0.2) is 0 Å². The molecule has 0 radical (unpaired) electrons. The summed E-state index contributed by atoms with van der Waals surface area (Å²) in [6.07, 6.45) is 0. The largest absolute Gasteiger partial charge is 0.398 e. The topological polar surface area (TPSA) is 72.2 Å². The van der Waals surface area contributed by atoms with E-state index < -0.39 is 15.8 Å². The highest BCUT2D eigenvalue weighted by Crippen LogP contribution is 2.26. The summed E-state index contributed by atoms with van der Waals surface area (Å²) in [7, 11) is -3.87. The number of rotatable bonds is 3. The summed E-state index contributed by atoms with van der Waals surface area (Å²) < 4.78 is 39.9. The number of nitrogens with two attached hydrogens (primary N) is 1. The van der Waals surface area contributed by atoms with Gasteiger partial charge in [0.1, 0.15) is 10.7 Å². The molecule has 3 N–H and O–H groups in total. The van der Waals surface area contributed by atoms with E-state index in [-0.39, 0.29) is 20.7 Å². The Kier molecular flexibility index (Phi) is 4.22. The van der Waals surface area contributed by atoms with E-state index in [1.807, 2.05) is 0 Å². The van der Waals surface area contributed by atoms with Crippen LogP contribution in [0.15, 0.2) is 45.8 Å². The molecule has 0 unspecified atom stereocenters. The van der Waals surface area contributed by atoms with Crippen LogP contribution in [0.1, 0.15) is 0 Å². The molecule has 2 rings (SSSR count). The van der Waals surface area contributed by atoms with Crippen molar-refractivity contribution in [2.45, 2.75) is 4.90 Å². The number of anilines is 2. The first kappa shape index (κ1) is 15.1. The highest BCUT2D eigenvalue weighted by atomic mass is 79.9. The quantitative estimate of drug-likeness (QED) is 0.800. The van der Waals surface area contributed by atoms with Crippen LogP contribution in [-0.2, 0) is 10.0 Å². The Morgan fingerprint density at radius 2 is 1.90 bits per heavy atom. The van der Waals surface area contributed by atoms with Crippen LogP contribution in [-0.4, -0.2) is 8.42 Å². The molecule has 0 heterocycles. The Labute approximate surface area is 128 Å². The van der Waals surface area contributed by atoms with Gasteiger partial charge in [-0.25, -0.2) is 12.8 Å². The van der Waals surface area contributed by atoms with Gasteiger partial charge in [0, 0.05) is 5.02 Å². The first-order valence-electron chi connectivity index (χ1n) is 5.32. The fourth-order valence-electron chi connectivity index (χ4n) is 1.53. The molecule has 4 nitrogen and oxygen atoms in total. The molecule has 0 aliphatic rings. The summed E-state index contributed by atoms with van der Waals surface area (Å²) >= 11 is 8.70. The molecule has 0 fully saturated rings. The SMILES string of the molecule is Nc1cc(Cl)ccc1S(=O)(=O)Nc1ccc(F)c(Br)c1. The molecule has 20 heavy (non-hydrogen) atoms. The van der Waals surface area contributed by atoms with Gasteiger partial charge in [-0.3, -0.25) is 4.72 Å². The molecule has 0 aliphatic heterocycles. The molecule has 2 aromatic carbocycles. The standard InChI is InChI=1S/C12H9BrClFN2O2S/c13-9-6-8(2-3-10(9)15)17-20(18,19)12-4-1-7(14)5-11(12)16/h1-6,17H,16H2. The van der Waals surface area contributed by atoms with Crippen LogP contribution in [0.3, 0.4) is 0 Å². The van der Waals surface area contributed by atoms with Gasteiger partial charge in [-0.05, 0) is 52.3 Å². The Morgan fingerprint density at radius 1 is 1.20 bits per heavy atom. The normalized spacial score (nSPS) is 11.3. The molecule has 8 heteroatoms. The average molecular weight is 380 g/mol. The third-order valence-corrected chi connectivity index (χ3v) is 4.73. The van der Waals surface area contributed by atoms with Crippen LogP contribution < -0.4 is 10.5 Å². The van der Waals surface area contributed by atoms with Crippen molar-refractivity contribution in [2.24, 2.45) is 0 Å². The average Bonchev–Trinajstić information content (AvgIpc) is 2.33. The lowest BCUT2D eigenvalue weighted by atomic mass is 10.3. The van der Waals surface area contributed by atoms with Crippen molar-refractivity contribution in [2.75, 3.05) is 10.5 Å². The molecule has 0 saturated carbocycles. The first-order chi connectivity index (χ1) is 9.29. The number of hydrogen-bond acceptors (Lipinski definition) is 3. The van der Waals surface area contributed by atoms with Crippen LogP contribution >= 0.6 is 27.5 Å². The Bertz CT molecular complexity index is 768. The van der Waals surface area contributed by atoms with Crippen LogP contribution in [0.5, 0.6) is 0 Å². The summed E-state index contributed by atoms with van der Waals surface area (Å²) in [6, 6.07) is 7.85. The minimum atomic E-state index is -3.87. The van der Waals surface area contributed by atoms with E-state index in [1.165, 1.54) is 30.3 Å². The van der Waals surface area contributed by atoms with Crippen molar-refractivity contribution in [1.29, 1.82) is 0 Å². The molecule has 106 valence electrons. The molecule has 2 aromatic rings. The second kappa shape index (κ2) is 5.59. The summed E-state index contributed by atoms with van der Waals surface area (Å²) in [5.74, 6) is -0.487. The third kappa shape index (κ3) is 3.23. The number of nitrogen functional groups attached to an aromatic ring is 1. The number of benzene rings is 2. The zero-order valence-electron chi connectivity index (χ0n) is 9.90. The van der Waals surface area contributed by atoms with E-state index in [0.717, 1.165) is 6.07 Å². The summed E-state index contributed by atoms with van der Waals surface area (Å²) in [4.78, 5) is -0.0950. The predicted molar refractivity (Wildman–Crippen MR) is 80.8 cm³/mol. The lowest BCUT2D eigenvalue weighted by Gasteiger charge is -2.10. The highest BCUT2D eigenvalue weighted by Gasteiger charge is 2.18. The van der Waals surface area contributed by atoms with Gasteiger partial charge in [0.05, 0.1) is 15.8 Å². The summed E-state index contributed by atoms with van der Waals surface area (Å²) in [5.41, 5.74) is 5.89. The maximum atomic E-state index is 13.1. The van der Waals surface area contributed by atoms with Crippen molar-refractivity contribution in [3.63, 3.8) is 0 Å². The molecule has 0 aromatic heterocycles. The smallest absolute Gasteiger partial charge is 0.263 e. The van der Waals surface area contributed by atoms with E-state index in [1.54, 1.807) is 0 Å². The summed E-state index contributed by atoms with van der Waals surface area (Å²) in [6.45, 7) is 0. The van der Waals surface area contributed by atoms with E-state index in [2.05, 4.69) is 20.7 Å². The second-order valence-corrected chi connectivity index (χ2v) is 6.86. The number of nitrogens with one attached hydrogen (secondary N) is 1. The highest BCUT2D eigenvalue weighted by molar-refractivity contribution is 9.10. The van der Waals surface area contributed by atoms with E-state index in [4.69, 9.17) is 17.3 Å². The fourth-order valence-corrected chi connectivity index (χ4v) is 3.26. The first-order valence-corrected chi connectivity index (χ1v) is 7.98. The van der Waals surface area contributed by atoms with Gasteiger partial charge in [-0.15, -0.1) is 0 Å². The zero-order valence-corrected chi connectivity index (χ0v) is 13.1. The number of hydrogen-bond donors (Lipinski definition) is 2. The maximum absolute atomic E-state index is 13.1. The van der Waals surface area contributed by atoms with E-state index >= 15 is 0 Å². The van der Waals surface area contributed by atoms with Gasteiger partial charge >= 0.3 is 0 Å². The van der Waals surface area contributed by atoms with Crippen LogP contribution in [0.2, 0.25) is 5.02 Å². The fraction of sp³-hybridized carbons (Fsp3) is 0. The zero-order chi connectivity index (χ0) is 14.9. The van der Waals surface area contributed by atoms with Crippen molar-refractivity contribution >= 4 is 48.9 Å². The van der Waals surface area contributed by atoms with Gasteiger partial charge in [0.2, 0.25) is 0 Å². The van der Waals surface area contributed by atoms with Crippen LogP contribution in [0, 0.1) is 5.82 Å². The number of halogens is 3. The molecular weight excluding hydrogens is 371 g/mol. The van der Waals surface area contributed by atoms with Crippen LogP contribution in [0.4, 0.5) is 15.8 Å². The molecule has 0 saturated heterocycles. The number of sulfonamides is 1. The van der Waals surface area contributed by atoms with Crippen molar-refractivity contribution in [1.82, 2.24) is 0 Å². The van der Waals surface area contributed by atoms with E-state index in [0.29, 0.717) is 5.02 Å². The third-order valence-electron chi connectivity index (χ3n) is 2.43. The Morgan fingerprint density at radius 3 is 2.50 bits per heavy atom. The Balaban J connectivity index is 2.38. The molecular formula is C12H9BrClFN2O2S. The van der Waals surface area contributed by atoms with Gasteiger partial charge in [-0.1, -0.05) is 11.6 Å². The minimum Gasteiger partial charge on any atom is -0.398 e. The summed E-state index contributed by atoms with van der Waals surface area (Å²) in [5, 5.41) is 0.339. The molecule has 0 amide bonds. The van der Waals surface area contributed by atoms with Gasteiger partial charge in [-0.2, -0.15) is 0 Å². The second-order valence-electron chi connectivity index (χ2n) is 3.92. The van der Waals surface area contributed by atoms with Crippen LogP contribution in [0.25, 0.3) is 0 Å². The van der Waals surface area contributed by atoms with Gasteiger partial charge < -0.3 is 5.73 Å². The molecule has 0 aliphatic carbocycles. The minimum absolute atomic E-state index is 0.0335. The lowest BCUT2D eigenvalue weighted by molar-refractivity contribution is 0.601. The van der Waals surface area contributed by atoms with Gasteiger partial charge in [0.25, 0.3) is 10.0 Å².